The predicted octanol–water partition coefficient (Wildman–Crippen LogP) is 1.27. The lowest BCUT2D eigenvalue weighted by molar-refractivity contribution is -0.390. The number of nitrogens with zero attached hydrogens (tertiary/aromatic N) is 2. The second kappa shape index (κ2) is 5.35. The fourth-order valence-electron chi connectivity index (χ4n) is 1.38. The molecule has 1 heterocycles. The summed E-state index contributed by atoms with van der Waals surface area (Å²) in [6.45, 7) is 4.71. The number of hydrogen-bond acceptors (Lipinski definition) is 5. The quantitative estimate of drug-likeness (QED) is 0.643. The van der Waals surface area contributed by atoms with E-state index in [-0.39, 0.29) is 17.8 Å². The van der Waals surface area contributed by atoms with Crippen molar-refractivity contribution in [3.63, 3.8) is 0 Å². The summed E-state index contributed by atoms with van der Waals surface area (Å²) in [6.07, 6.45) is 1.29. The van der Waals surface area contributed by atoms with Crippen LogP contribution in [0.3, 0.4) is 0 Å². The molecule has 0 bridgehead atoms. The van der Waals surface area contributed by atoms with Gasteiger partial charge in [-0.2, -0.15) is 0 Å². The van der Waals surface area contributed by atoms with Crippen molar-refractivity contribution in [2.75, 3.05) is 0 Å². The van der Waals surface area contributed by atoms with Gasteiger partial charge in [-0.1, -0.05) is 6.92 Å². The van der Waals surface area contributed by atoms with Gasteiger partial charge in [-0.05, 0) is 29.3 Å². The molecule has 1 N–H and O–H groups in total. The molecule has 0 aliphatic carbocycles. The molecule has 0 saturated heterocycles. The summed E-state index contributed by atoms with van der Waals surface area (Å²) >= 11 is 0. The Hall–Kier alpha value is -2.31. The number of pyridine rings is 1. The molecule has 2 amide bonds. The van der Waals surface area contributed by atoms with Gasteiger partial charge >= 0.3 is 5.82 Å². The average Bonchev–Trinajstić information content (AvgIpc) is 2.31. The molecule has 0 unspecified atom stereocenters. The van der Waals surface area contributed by atoms with Crippen LogP contribution in [-0.4, -0.2) is 21.7 Å². The molecule has 18 heavy (non-hydrogen) atoms. The lowest BCUT2D eigenvalue weighted by Crippen LogP contribution is -2.30. The van der Waals surface area contributed by atoms with Crippen molar-refractivity contribution in [3.8, 4) is 0 Å². The number of hydrogen-bond donors (Lipinski definition) is 1. The van der Waals surface area contributed by atoms with Crippen LogP contribution in [0.5, 0.6) is 0 Å². The summed E-state index contributed by atoms with van der Waals surface area (Å²) in [5.41, 5.74) is 0.926. The molecule has 7 heteroatoms. The van der Waals surface area contributed by atoms with Crippen molar-refractivity contribution >= 4 is 17.6 Å². The number of amides is 2. The number of carbonyl (C=O) groups is 2. The number of aromatic nitrogens is 1. The van der Waals surface area contributed by atoms with Crippen molar-refractivity contribution in [1.82, 2.24) is 10.3 Å². The topological polar surface area (TPSA) is 102 Å². The molecule has 1 aromatic rings. The van der Waals surface area contributed by atoms with Crippen molar-refractivity contribution in [2.24, 2.45) is 0 Å². The highest BCUT2D eigenvalue weighted by molar-refractivity contribution is 6.05. The fourth-order valence-corrected chi connectivity index (χ4v) is 1.38. The average molecular weight is 251 g/mol. The van der Waals surface area contributed by atoms with Gasteiger partial charge in [0.2, 0.25) is 5.91 Å². The van der Waals surface area contributed by atoms with Crippen molar-refractivity contribution in [1.29, 1.82) is 0 Å². The minimum absolute atomic E-state index is 0.167. The van der Waals surface area contributed by atoms with E-state index in [2.05, 4.69) is 10.3 Å². The minimum Gasteiger partial charge on any atom is -0.358 e. The third-order valence-electron chi connectivity index (χ3n) is 2.61. The van der Waals surface area contributed by atoms with Gasteiger partial charge in [-0.3, -0.25) is 14.9 Å². The number of nitrogens with one attached hydrogen (secondary N) is 1. The summed E-state index contributed by atoms with van der Waals surface area (Å²) in [6, 6.07) is 0. The van der Waals surface area contributed by atoms with Gasteiger partial charge in [-0.25, -0.2) is 0 Å². The Morgan fingerprint density at radius 3 is 2.50 bits per heavy atom. The monoisotopic (exact) mass is 251 g/mol. The van der Waals surface area contributed by atoms with Gasteiger partial charge in [0, 0.05) is 6.42 Å². The van der Waals surface area contributed by atoms with Crippen LogP contribution in [0.2, 0.25) is 0 Å². The maximum absolute atomic E-state index is 11.7. The fraction of sp³-hybridized carbons (Fsp3) is 0.364. The molecule has 1 aromatic heterocycles. The SMILES string of the molecule is CCC(=O)NC(=O)c1cnc([N+](=O)[O-])c(C)c1C. The van der Waals surface area contributed by atoms with Crippen LogP contribution in [0, 0.1) is 24.0 Å². The Bertz CT molecular complexity index is 525. The zero-order valence-electron chi connectivity index (χ0n) is 10.3. The van der Waals surface area contributed by atoms with E-state index in [0.717, 1.165) is 6.20 Å². The summed E-state index contributed by atoms with van der Waals surface area (Å²) in [5, 5.41) is 12.8. The Labute approximate surface area is 103 Å². The number of imide groups is 1. The maximum atomic E-state index is 11.7. The maximum Gasteiger partial charge on any atom is 0.366 e. The Kier molecular flexibility index (Phi) is 4.09. The molecule has 0 aliphatic rings. The van der Waals surface area contributed by atoms with Gasteiger partial charge < -0.3 is 10.1 Å². The molecule has 0 aliphatic heterocycles. The smallest absolute Gasteiger partial charge is 0.358 e. The van der Waals surface area contributed by atoms with Crippen molar-refractivity contribution in [2.45, 2.75) is 27.2 Å². The Morgan fingerprint density at radius 2 is 2.00 bits per heavy atom. The first-order valence-corrected chi connectivity index (χ1v) is 5.33. The molecule has 7 nitrogen and oxygen atoms in total. The third-order valence-corrected chi connectivity index (χ3v) is 2.61. The molecular weight excluding hydrogens is 238 g/mol. The highest BCUT2D eigenvalue weighted by atomic mass is 16.6. The van der Waals surface area contributed by atoms with Crippen LogP contribution >= 0.6 is 0 Å². The van der Waals surface area contributed by atoms with Crippen molar-refractivity contribution in [3.05, 3.63) is 33.0 Å². The van der Waals surface area contributed by atoms with Crippen LogP contribution in [0.4, 0.5) is 5.82 Å². The summed E-state index contributed by atoms with van der Waals surface area (Å²) < 4.78 is 0. The highest BCUT2D eigenvalue weighted by Crippen LogP contribution is 2.20. The van der Waals surface area contributed by atoms with E-state index in [4.69, 9.17) is 0 Å². The lowest BCUT2D eigenvalue weighted by atomic mass is 10.1. The van der Waals surface area contributed by atoms with E-state index in [1.54, 1.807) is 13.8 Å². The first-order chi connectivity index (χ1) is 8.38. The predicted molar refractivity (Wildman–Crippen MR) is 63.1 cm³/mol. The summed E-state index contributed by atoms with van der Waals surface area (Å²) in [7, 11) is 0. The lowest BCUT2D eigenvalue weighted by Gasteiger charge is -2.06. The van der Waals surface area contributed by atoms with E-state index >= 15 is 0 Å². The molecule has 96 valence electrons. The van der Waals surface area contributed by atoms with Crippen LogP contribution in [0.15, 0.2) is 6.20 Å². The van der Waals surface area contributed by atoms with E-state index < -0.39 is 16.7 Å². The van der Waals surface area contributed by atoms with E-state index in [1.807, 2.05) is 0 Å². The molecule has 1 rings (SSSR count). The highest BCUT2D eigenvalue weighted by Gasteiger charge is 2.21. The van der Waals surface area contributed by atoms with Gasteiger partial charge in [0.25, 0.3) is 5.91 Å². The van der Waals surface area contributed by atoms with Gasteiger partial charge in [0.1, 0.15) is 0 Å². The Morgan fingerprint density at radius 1 is 1.39 bits per heavy atom. The molecule has 0 fully saturated rings. The van der Waals surface area contributed by atoms with Crippen LogP contribution in [0.25, 0.3) is 0 Å². The Balaban J connectivity index is 3.13. The minimum atomic E-state index is -0.610. The van der Waals surface area contributed by atoms with Crippen LogP contribution in [-0.2, 0) is 4.79 Å². The molecule has 0 saturated carbocycles. The molecule has 0 atom stereocenters. The zero-order valence-corrected chi connectivity index (χ0v) is 10.3. The van der Waals surface area contributed by atoms with Gasteiger partial charge in [-0.15, -0.1) is 0 Å². The first-order valence-electron chi connectivity index (χ1n) is 5.33. The van der Waals surface area contributed by atoms with Crippen molar-refractivity contribution < 1.29 is 14.5 Å². The first kappa shape index (κ1) is 13.8. The largest absolute Gasteiger partial charge is 0.366 e. The second-order valence-corrected chi connectivity index (χ2v) is 3.73. The number of nitro groups is 1. The molecular formula is C11H13N3O4. The number of carbonyl (C=O) groups excluding carboxylic acids is 2. The summed E-state index contributed by atoms with van der Waals surface area (Å²) in [5.74, 6) is -1.29. The molecule has 0 radical (unpaired) electrons. The third kappa shape index (κ3) is 2.68. The van der Waals surface area contributed by atoms with E-state index in [0.29, 0.717) is 11.1 Å². The van der Waals surface area contributed by atoms with E-state index in [1.165, 1.54) is 6.92 Å². The van der Waals surface area contributed by atoms with Gasteiger partial charge in [0.15, 0.2) is 6.20 Å². The second-order valence-electron chi connectivity index (χ2n) is 3.73. The van der Waals surface area contributed by atoms with Crippen LogP contribution < -0.4 is 5.32 Å². The number of rotatable bonds is 3. The van der Waals surface area contributed by atoms with E-state index in [9.17, 15) is 19.7 Å². The van der Waals surface area contributed by atoms with Gasteiger partial charge in [0.05, 0.1) is 11.1 Å². The molecule has 0 spiro atoms. The summed E-state index contributed by atoms with van der Waals surface area (Å²) in [4.78, 5) is 36.5. The standard InChI is InChI=1S/C11H13N3O4/c1-4-9(15)13-11(16)8-5-12-10(14(17)18)7(3)6(8)2/h5H,4H2,1-3H3,(H,13,15,16). The zero-order chi connectivity index (χ0) is 13.9. The normalized spacial score (nSPS) is 9.94. The molecule has 0 aromatic carbocycles. The van der Waals surface area contributed by atoms with Crippen LogP contribution in [0.1, 0.15) is 34.8 Å².